The molecule has 0 fully saturated rings. The molecule has 0 heterocycles. The molecule has 0 aliphatic rings. The van der Waals surface area contributed by atoms with Crippen molar-refractivity contribution in [3.8, 4) is 0 Å². The van der Waals surface area contributed by atoms with Crippen molar-refractivity contribution in [2.45, 2.75) is 6.42 Å². The summed E-state index contributed by atoms with van der Waals surface area (Å²) in [4.78, 5) is 23.8. The normalized spacial score (nSPS) is 10.0. The van der Waals surface area contributed by atoms with Gasteiger partial charge in [-0.1, -0.05) is 18.2 Å². The van der Waals surface area contributed by atoms with Gasteiger partial charge in [-0.2, -0.15) is 0 Å². The number of amides is 3. The Kier molecular flexibility index (Phi) is 6.79. The summed E-state index contributed by atoms with van der Waals surface area (Å²) >= 11 is 0. The Morgan fingerprint density at radius 1 is 0.917 bits per heavy atom. The van der Waals surface area contributed by atoms with Gasteiger partial charge in [0.2, 0.25) is 0 Å². The Morgan fingerprint density at radius 3 is 2.17 bits per heavy atom. The summed E-state index contributed by atoms with van der Waals surface area (Å²) in [6, 6.07) is 15.6. The molecule has 3 N–H and O–H groups in total. The fourth-order valence-corrected chi connectivity index (χ4v) is 2.04. The number of hydrogen-bond acceptors (Lipinski definition) is 3. The SMILES string of the molecule is COCCCNC(=O)c1ccc(NC(=O)Nc2ccccc2)cc1. The Balaban J connectivity index is 1.83. The summed E-state index contributed by atoms with van der Waals surface area (Å²) in [5.74, 6) is -0.147. The first-order valence-corrected chi connectivity index (χ1v) is 7.69. The van der Waals surface area contributed by atoms with Crippen LogP contribution in [0.4, 0.5) is 16.2 Å². The van der Waals surface area contributed by atoms with E-state index in [0.717, 1.165) is 6.42 Å². The highest BCUT2D eigenvalue weighted by Crippen LogP contribution is 2.11. The lowest BCUT2D eigenvalue weighted by molar-refractivity contribution is 0.0948. The van der Waals surface area contributed by atoms with Gasteiger partial charge in [0.1, 0.15) is 0 Å². The van der Waals surface area contributed by atoms with E-state index in [1.807, 2.05) is 18.2 Å². The molecule has 0 spiro atoms. The first-order valence-electron chi connectivity index (χ1n) is 7.69. The fourth-order valence-electron chi connectivity index (χ4n) is 2.04. The molecule has 0 saturated carbocycles. The first-order chi connectivity index (χ1) is 11.7. The van der Waals surface area contributed by atoms with Crippen LogP contribution < -0.4 is 16.0 Å². The predicted molar refractivity (Wildman–Crippen MR) is 94.4 cm³/mol. The minimum absolute atomic E-state index is 0.147. The molecule has 3 amide bonds. The molecule has 2 aromatic rings. The van der Waals surface area contributed by atoms with Gasteiger partial charge in [-0.05, 0) is 42.8 Å². The number of ether oxygens (including phenoxy) is 1. The second kappa shape index (κ2) is 9.32. The van der Waals surface area contributed by atoms with Gasteiger partial charge in [0.05, 0.1) is 0 Å². The maximum Gasteiger partial charge on any atom is 0.323 e. The van der Waals surface area contributed by atoms with Gasteiger partial charge in [-0.3, -0.25) is 4.79 Å². The van der Waals surface area contributed by atoms with Crippen LogP contribution in [0.3, 0.4) is 0 Å². The predicted octanol–water partition coefficient (Wildman–Crippen LogP) is 3.10. The largest absolute Gasteiger partial charge is 0.385 e. The van der Waals surface area contributed by atoms with Gasteiger partial charge in [0, 0.05) is 37.2 Å². The molecule has 24 heavy (non-hydrogen) atoms. The summed E-state index contributed by atoms with van der Waals surface area (Å²) < 4.78 is 4.93. The zero-order chi connectivity index (χ0) is 17.2. The number of hydrogen-bond donors (Lipinski definition) is 3. The first kappa shape index (κ1) is 17.5. The summed E-state index contributed by atoms with van der Waals surface area (Å²) in [7, 11) is 1.63. The topological polar surface area (TPSA) is 79.5 Å². The van der Waals surface area contributed by atoms with Crippen molar-refractivity contribution in [1.82, 2.24) is 5.32 Å². The summed E-state index contributed by atoms with van der Waals surface area (Å²) in [6.45, 7) is 1.17. The maximum absolute atomic E-state index is 11.9. The van der Waals surface area contributed by atoms with E-state index in [1.54, 1.807) is 43.5 Å². The third-order valence-electron chi connectivity index (χ3n) is 3.25. The highest BCUT2D eigenvalue weighted by molar-refractivity contribution is 6.00. The van der Waals surface area contributed by atoms with Crippen molar-refractivity contribution in [3.05, 3.63) is 60.2 Å². The average molecular weight is 327 g/mol. The Morgan fingerprint density at radius 2 is 1.54 bits per heavy atom. The lowest BCUT2D eigenvalue weighted by atomic mass is 10.2. The highest BCUT2D eigenvalue weighted by atomic mass is 16.5. The zero-order valence-corrected chi connectivity index (χ0v) is 13.5. The fraction of sp³-hybridized carbons (Fsp3) is 0.222. The molecule has 0 aromatic heterocycles. The quantitative estimate of drug-likeness (QED) is 0.684. The highest BCUT2D eigenvalue weighted by Gasteiger charge is 2.06. The number of benzene rings is 2. The lowest BCUT2D eigenvalue weighted by Crippen LogP contribution is -2.25. The number of anilines is 2. The molecule has 0 unspecified atom stereocenters. The van der Waals surface area contributed by atoms with Crippen molar-refractivity contribution >= 4 is 23.3 Å². The average Bonchev–Trinajstić information content (AvgIpc) is 2.60. The lowest BCUT2D eigenvalue weighted by Gasteiger charge is -2.09. The van der Waals surface area contributed by atoms with Crippen LogP contribution in [0.2, 0.25) is 0 Å². The minimum atomic E-state index is -0.335. The third-order valence-corrected chi connectivity index (χ3v) is 3.25. The van der Waals surface area contributed by atoms with Crippen molar-refractivity contribution in [1.29, 1.82) is 0 Å². The molecule has 2 rings (SSSR count). The van der Waals surface area contributed by atoms with E-state index in [9.17, 15) is 9.59 Å². The standard InChI is InChI=1S/C18H21N3O3/c1-24-13-5-12-19-17(22)14-8-10-16(11-9-14)21-18(23)20-15-6-3-2-4-7-15/h2-4,6-11H,5,12-13H2,1H3,(H,19,22)(H2,20,21,23). The third kappa shape index (κ3) is 5.73. The van der Waals surface area contributed by atoms with E-state index in [4.69, 9.17) is 4.74 Å². The molecule has 0 radical (unpaired) electrons. The molecule has 0 bridgehead atoms. The van der Waals surface area contributed by atoms with Crippen LogP contribution >= 0.6 is 0 Å². The van der Waals surface area contributed by atoms with Crippen LogP contribution in [0.25, 0.3) is 0 Å². The minimum Gasteiger partial charge on any atom is -0.385 e. The van der Waals surface area contributed by atoms with E-state index in [2.05, 4.69) is 16.0 Å². The Bertz CT molecular complexity index is 657. The summed E-state index contributed by atoms with van der Waals surface area (Å²) in [5.41, 5.74) is 1.86. The second-order valence-corrected chi connectivity index (χ2v) is 5.12. The molecule has 2 aromatic carbocycles. The van der Waals surface area contributed by atoms with Crippen LogP contribution in [-0.2, 0) is 4.74 Å². The van der Waals surface area contributed by atoms with E-state index in [0.29, 0.717) is 30.1 Å². The van der Waals surface area contributed by atoms with Crippen LogP contribution in [0.5, 0.6) is 0 Å². The van der Waals surface area contributed by atoms with Crippen molar-refractivity contribution in [2.24, 2.45) is 0 Å². The van der Waals surface area contributed by atoms with E-state index < -0.39 is 0 Å². The van der Waals surface area contributed by atoms with E-state index in [1.165, 1.54) is 0 Å². The summed E-state index contributed by atoms with van der Waals surface area (Å²) in [5, 5.41) is 8.25. The number of nitrogens with one attached hydrogen (secondary N) is 3. The smallest absolute Gasteiger partial charge is 0.323 e. The van der Waals surface area contributed by atoms with Gasteiger partial charge < -0.3 is 20.7 Å². The second-order valence-electron chi connectivity index (χ2n) is 5.12. The van der Waals surface area contributed by atoms with E-state index >= 15 is 0 Å². The molecule has 0 aliphatic heterocycles. The molecule has 0 aliphatic carbocycles. The molecule has 0 atom stereocenters. The molecule has 6 nitrogen and oxygen atoms in total. The Labute approximate surface area is 141 Å². The molecular weight excluding hydrogens is 306 g/mol. The van der Waals surface area contributed by atoms with Crippen LogP contribution in [-0.4, -0.2) is 32.2 Å². The van der Waals surface area contributed by atoms with Crippen molar-refractivity contribution < 1.29 is 14.3 Å². The number of carbonyl (C=O) groups is 2. The van der Waals surface area contributed by atoms with Crippen LogP contribution in [0.15, 0.2) is 54.6 Å². The number of rotatable bonds is 7. The van der Waals surface area contributed by atoms with Gasteiger partial charge in [0.15, 0.2) is 0 Å². The van der Waals surface area contributed by atoms with Crippen LogP contribution in [0, 0.1) is 0 Å². The molecule has 126 valence electrons. The number of methoxy groups -OCH3 is 1. The number of carbonyl (C=O) groups excluding carboxylic acids is 2. The van der Waals surface area contributed by atoms with Crippen molar-refractivity contribution in [3.63, 3.8) is 0 Å². The van der Waals surface area contributed by atoms with Crippen molar-refractivity contribution in [2.75, 3.05) is 30.9 Å². The zero-order valence-electron chi connectivity index (χ0n) is 13.5. The van der Waals surface area contributed by atoms with Crippen LogP contribution in [0.1, 0.15) is 16.8 Å². The summed E-state index contributed by atoms with van der Waals surface area (Å²) in [6.07, 6.45) is 0.765. The van der Waals surface area contributed by atoms with Gasteiger partial charge >= 0.3 is 6.03 Å². The Hall–Kier alpha value is -2.86. The number of urea groups is 1. The number of para-hydroxylation sites is 1. The monoisotopic (exact) mass is 327 g/mol. The maximum atomic E-state index is 11.9. The van der Waals surface area contributed by atoms with Gasteiger partial charge in [-0.25, -0.2) is 4.79 Å². The van der Waals surface area contributed by atoms with E-state index in [-0.39, 0.29) is 11.9 Å². The molecule has 0 saturated heterocycles. The van der Waals surface area contributed by atoms with Gasteiger partial charge in [-0.15, -0.1) is 0 Å². The molecular formula is C18H21N3O3. The molecule has 6 heteroatoms. The van der Waals surface area contributed by atoms with Gasteiger partial charge in [0.25, 0.3) is 5.91 Å².